The maximum absolute atomic E-state index is 15.1. The zero-order valence-corrected chi connectivity index (χ0v) is 67.3. The van der Waals surface area contributed by atoms with Crippen molar-refractivity contribution in [3.63, 3.8) is 0 Å². The van der Waals surface area contributed by atoms with Crippen LogP contribution in [0.1, 0.15) is 179 Å². The summed E-state index contributed by atoms with van der Waals surface area (Å²) in [6, 6.07) is -1.84. The number of aryl methyl sites for hydroxylation is 1. The first-order chi connectivity index (χ1) is 56.1. The number of para-hydroxylation sites is 2. The lowest BCUT2D eigenvalue weighted by atomic mass is 9.84. The van der Waals surface area contributed by atoms with Crippen LogP contribution < -0.4 is 64.2 Å². The number of nitrogens with one attached hydrogen (secondary N) is 12. The largest absolute Gasteiger partial charge is 0.481 e. The molecule has 39 nitrogen and oxygen atoms in total. The number of esters is 1. The Hall–Kier alpha value is -12.1. The second kappa shape index (κ2) is 51.1. The Morgan fingerprint density at radius 2 is 1.23 bits per heavy atom. The number of aliphatic hydroxyl groups excluding tert-OH is 1. The van der Waals surface area contributed by atoms with Gasteiger partial charge in [-0.05, 0) is 70.2 Å². The van der Waals surface area contributed by atoms with Gasteiger partial charge in [0.2, 0.25) is 65.0 Å². The van der Waals surface area contributed by atoms with Gasteiger partial charge >= 0.3 is 17.9 Å². The first-order valence-corrected chi connectivity index (χ1v) is 39.2. The molecule has 3 aromatic rings. The van der Waals surface area contributed by atoms with E-state index in [0.29, 0.717) is 41.4 Å². The van der Waals surface area contributed by atoms with Crippen LogP contribution in [0.15, 0.2) is 48.5 Å². The molecule has 0 unspecified atom stereocenters. The van der Waals surface area contributed by atoms with E-state index in [4.69, 9.17) is 19.9 Å². The summed E-state index contributed by atoms with van der Waals surface area (Å²) in [5, 5.41) is 57.7. The van der Waals surface area contributed by atoms with E-state index in [1.807, 2.05) is 0 Å². The fourth-order valence-corrected chi connectivity index (χ4v) is 13.0. The van der Waals surface area contributed by atoms with Crippen molar-refractivity contribution in [1.29, 1.82) is 0 Å². The van der Waals surface area contributed by atoms with Crippen molar-refractivity contribution < 1.29 is 125 Å². The topological polar surface area (TPSA) is 604 Å². The quantitative estimate of drug-likeness (QED) is 0.0114. The van der Waals surface area contributed by atoms with Crippen molar-refractivity contribution in [1.82, 2.24) is 58.2 Å². The van der Waals surface area contributed by atoms with Crippen molar-refractivity contribution in [3.8, 4) is 0 Å². The summed E-state index contributed by atoms with van der Waals surface area (Å²) in [6.45, 7) is 5.57. The molecule has 39 heteroatoms. The Labute approximate surface area is 680 Å². The predicted octanol–water partition coefficient (Wildman–Crippen LogP) is -0.344. The molecule has 0 bridgehead atoms. The average molecular weight is 1660 g/mol. The molecule has 1 aliphatic heterocycles. The maximum atomic E-state index is 15.1. The normalized spacial score (nSPS) is 21.0. The fourth-order valence-electron chi connectivity index (χ4n) is 13.0. The van der Waals surface area contributed by atoms with Crippen molar-refractivity contribution >= 4 is 136 Å². The number of cyclic esters (lactones) is 1. The molecule has 0 spiro atoms. The summed E-state index contributed by atoms with van der Waals surface area (Å²) in [5.41, 5.74) is 7.71. The van der Waals surface area contributed by atoms with E-state index in [1.54, 1.807) is 51.1 Å². The number of carboxylic acid groups (broad SMARTS) is 2. The van der Waals surface area contributed by atoms with Crippen LogP contribution in [0.3, 0.4) is 0 Å². The van der Waals surface area contributed by atoms with E-state index < -0.39 is 262 Å². The number of amides is 11. The molecular formula is C79H111N13O26. The monoisotopic (exact) mass is 1660 g/mol. The standard InChI is InChI=1S/C79H111N13O26/c1-8-11-13-14-15-16-17-27-66(101)87-57(32-52-44(5)84-54-26-21-18-22-49(52)54)77(113)89-56(35-65(80)100)63(98)29-47(31-70(106)107)73(109)92-71-46(7)118-79(115)58(34-61(96)50-23-19-20-25-53(50)81-10-3)90-75(111)51(43(4)28-69(104)105)33-64(99)59(38-93)88-68(103)36-82-76(112)60(40-117-42-95)91-72(108)45(6)85-74(110)48(39-116-41-94)30-62(97)55(24-12-9-2)86-67(102)37-83-78(71)114/h18-23,25-26,41-43,45-48,51,55-60,71,81,84,93H,8-17,24,27-40H2,1-7H3,(H2,80,100)(H,82,112)(H,83,114)(H,85,110)(H,86,102)(H,87,101)(H,88,103)(H,89,113)(H,90,111)(H,91,108)(H,92,109)(H,104,105)(H,106,107)/t43-,45-,46-,47+,48+,51+,55+,56-,57+,58+,59-,60+,71+/m1/s1. The molecule has 1 saturated heterocycles. The molecule has 11 amide bonds. The van der Waals surface area contributed by atoms with Crippen LogP contribution in [-0.2, 0) is 112 Å². The number of nitrogens with two attached hydrogens (primary N) is 1. The Bertz CT molecular complexity index is 4050. The maximum Gasteiger partial charge on any atom is 0.329 e. The number of unbranched alkanes of at least 4 members (excludes halogenated alkanes) is 7. The molecule has 2 heterocycles. The van der Waals surface area contributed by atoms with Crippen LogP contribution in [0.25, 0.3) is 10.9 Å². The van der Waals surface area contributed by atoms with E-state index in [1.165, 1.54) is 25.1 Å². The number of aromatic nitrogens is 1. The Kier molecular flexibility index (Phi) is 42.6. The number of aromatic amines is 1. The highest BCUT2D eigenvalue weighted by atomic mass is 16.5. The fraction of sp³-hybridized carbons (Fsp3) is 0.570. The zero-order chi connectivity index (χ0) is 87.7. The lowest BCUT2D eigenvalue weighted by Gasteiger charge is -2.29. The van der Waals surface area contributed by atoms with Gasteiger partial charge in [0.25, 0.3) is 12.9 Å². The molecule has 1 aromatic heterocycles. The molecule has 1 aliphatic rings. The summed E-state index contributed by atoms with van der Waals surface area (Å²) >= 11 is 0. The van der Waals surface area contributed by atoms with Gasteiger partial charge in [-0.25, -0.2) is 4.79 Å². The SMILES string of the molecule is CCCCCCCCCC(=O)N[C@@H](Cc1c(C)[nH]c2ccccc12)C(=O)N[C@H](CC(N)=O)C(=O)C[C@@H](CC(=O)O)C(=O)N[C@@H]1C(=O)NCC(=O)N[C@@H](CCCC)C(=O)C[C@@H](COC=O)C(=O)N[C@H](C)C(=O)N[C@@H](COC=O)C(=O)NCC(=O)N[C@H](CO)C(=O)C[C@@H]([C@H](C)CC(=O)O)C(=O)N[C@@H](CC(=O)c2ccccc2NCC)C(=O)O[C@@H]1C. The number of carbonyl (C=O) groups excluding carboxylic acids is 18. The van der Waals surface area contributed by atoms with Crippen LogP contribution in [0.2, 0.25) is 0 Å². The second-order valence-corrected chi connectivity index (χ2v) is 28.9. The number of Topliss-reactive ketones (excluding diaryl/α,β-unsaturated/α-hetero) is 4. The van der Waals surface area contributed by atoms with Crippen molar-refractivity contribution in [2.24, 2.45) is 29.4 Å². The Morgan fingerprint density at radius 3 is 1.86 bits per heavy atom. The summed E-state index contributed by atoms with van der Waals surface area (Å²) in [5.74, 6) is -28.7. The van der Waals surface area contributed by atoms with Crippen LogP contribution in [0.4, 0.5) is 5.69 Å². The van der Waals surface area contributed by atoms with Gasteiger partial charge in [-0.3, -0.25) is 91.1 Å². The molecule has 118 heavy (non-hydrogen) atoms. The number of primary amides is 1. The minimum atomic E-state index is -2.34. The Morgan fingerprint density at radius 1 is 0.627 bits per heavy atom. The molecule has 1 fully saturated rings. The highest BCUT2D eigenvalue weighted by molar-refractivity contribution is 6.05. The van der Waals surface area contributed by atoms with Gasteiger partial charge < -0.3 is 98.7 Å². The third-order valence-electron chi connectivity index (χ3n) is 19.5. The van der Waals surface area contributed by atoms with Crippen molar-refractivity contribution in [3.05, 3.63) is 65.4 Å². The molecule has 4 rings (SSSR count). The van der Waals surface area contributed by atoms with E-state index in [0.717, 1.165) is 46.0 Å². The predicted molar refractivity (Wildman–Crippen MR) is 419 cm³/mol. The molecule has 0 radical (unpaired) electrons. The van der Waals surface area contributed by atoms with Gasteiger partial charge in [0.05, 0.1) is 56.5 Å². The minimum Gasteiger partial charge on any atom is -0.481 e. The summed E-state index contributed by atoms with van der Waals surface area (Å²) in [7, 11) is 0. The molecular weight excluding hydrogens is 1550 g/mol. The van der Waals surface area contributed by atoms with Crippen LogP contribution in [0.5, 0.6) is 0 Å². The van der Waals surface area contributed by atoms with Crippen LogP contribution in [0, 0.1) is 30.6 Å². The van der Waals surface area contributed by atoms with Gasteiger partial charge in [0.15, 0.2) is 23.1 Å². The van der Waals surface area contributed by atoms with Gasteiger partial charge in [-0.15, -0.1) is 0 Å². The van der Waals surface area contributed by atoms with E-state index in [-0.39, 0.29) is 56.4 Å². The van der Waals surface area contributed by atoms with Gasteiger partial charge in [0, 0.05) is 85.3 Å². The van der Waals surface area contributed by atoms with Crippen LogP contribution >= 0.6 is 0 Å². The molecule has 648 valence electrons. The lowest BCUT2D eigenvalue weighted by Crippen LogP contribution is -2.57. The van der Waals surface area contributed by atoms with Crippen molar-refractivity contribution in [2.45, 2.75) is 225 Å². The van der Waals surface area contributed by atoms with Gasteiger partial charge in [0.1, 0.15) is 55.6 Å². The number of carbonyl (C=O) groups is 20. The number of H-pyrrole nitrogens is 1. The van der Waals surface area contributed by atoms with E-state index in [2.05, 4.69) is 70.4 Å². The highest BCUT2D eigenvalue weighted by Gasteiger charge is 2.41. The number of benzene rings is 2. The zero-order valence-electron chi connectivity index (χ0n) is 67.3. The number of fused-ring (bicyclic) bond motifs is 1. The van der Waals surface area contributed by atoms with Gasteiger partial charge in [-0.2, -0.15) is 0 Å². The number of rotatable bonds is 40. The number of aliphatic hydroxyl groups is 1. The number of hydrogen-bond acceptors (Lipinski definition) is 25. The number of carboxylic acids is 2. The summed E-state index contributed by atoms with van der Waals surface area (Å²) in [4.78, 5) is 278. The van der Waals surface area contributed by atoms with Gasteiger partial charge in [-0.1, -0.05) is 102 Å². The average Bonchev–Trinajstić information content (AvgIpc) is 1.64. The summed E-state index contributed by atoms with van der Waals surface area (Å²) < 4.78 is 15.4. The lowest BCUT2D eigenvalue weighted by molar-refractivity contribution is -0.156. The number of ketones is 4. The second-order valence-electron chi connectivity index (χ2n) is 28.9. The Balaban J connectivity index is 1.90. The molecule has 17 N–H and O–H groups in total. The number of ether oxygens (including phenoxy) is 3. The third kappa shape index (κ3) is 33.3. The molecule has 13 atom stereocenters. The van der Waals surface area contributed by atoms with Crippen LogP contribution in [-0.4, -0.2) is 233 Å². The molecule has 0 aliphatic carbocycles. The molecule has 0 saturated carbocycles. The molecule has 2 aromatic carbocycles. The third-order valence-corrected chi connectivity index (χ3v) is 19.5. The van der Waals surface area contributed by atoms with E-state index >= 15 is 4.79 Å². The number of aliphatic carboxylic acids is 2. The smallest absolute Gasteiger partial charge is 0.329 e. The highest BCUT2D eigenvalue weighted by Crippen LogP contribution is 2.27. The summed E-state index contributed by atoms with van der Waals surface area (Å²) in [6.07, 6.45) is -2.79. The number of hydrogen-bond donors (Lipinski definition) is 16. The number of anilines is 1. The van der Waals surface area contributed by atoms with Crippen molar-refractivity contribution in [2.75, 3.05) is 44.8 Å². The van der Waals surface area contributed by atoms with E-state index in [9.17, 15) is 106 Å². The first-order valence-electron chi connectivity index (χ1n) is 39.2. The first kappa shape index (κ1) is 98.3. The minimum absolute atomic E-state index is 0.00964.